The van der Waals surface area contributed by atoms with Crippen molar-refractivity contribution in [1.29, 1.82) is 0 Å². The van der Waals surface area contributed by atoms with Gasteiger partial charge < -0.3 is 14.7 Å². The van der Waals surface area contributed by atoms with E-state index in [1.165, 1.54) is 16.8 Å². The molecule has 0 aliphatic carbocycles. The fraction of sp³-hybridized carbons (Fsp3) is 0.429. The largest absolute Gasteiger partial charge is 0.497 e. The van der Waals surface area contributed by atoms with E-state index >= 15 is 0 Å². The number of aliphatic hydroxyl groups is 1. The fourth-order valence-corrected chi connectivity index (χ4v) is 3.45. The summed E-state index contributed by atoms with van der Waals surface area (Å²) in [5, 5.41) is 10.5. The number of anilines is 1. The molecule has 2 aromatic rings. The standard InChI is InChI=1S/C21H28N2O2/c1-16-6-4-9-20(17(16)2)23-12-10-22(11-13-23)15-21(24)18-7-5-8-19(14-18)25-3/h4-9,14,21,24H,10-13,15H2,1-3H3. The summed E-state index contributed by atoms with van der Waals surface area (Å²) in [7, 11) is 1.65. The molecule has 25 heavy (non-hydrogen) atoms. The van der Waals surface area contributed by atoms with Crippen molar-refractivity contribution < 1.29 is 9.84 Å². The summed E-state index contributed by atoms with van der Waals surface area (Å²) in [5.74, 6) is 0.788. The molecule has 4 nitrogen and oxygen atoms in total. The highest BCUT2D eigenvalue weighted by molar-refractivity contribution is 5.56. The minimum absolute atomic E-state index is 0.484. The quantitative estimate of drug-likeness (QED) is 0.907. The lowest BCUT2D eigenvalue weighted by molar-refractivity contribution is 0.109. The lowest BCUT2D eigenvalue weighted by atomic mass is 10.1. The molecule has 0 spiro atoms. The highest BCUT2D eigenvalue weighted by Crippen LogP contribution is 2.25. The normalized spacial score (nSPS) is 16.7. The van der Waals surface area contributed by atoms with Crippen molar-refractivity contribution in [2.75, 3.05) is 44.7 Å². The maximum absolute atomic E-state index is 10.5. The van der Waals surface area contributed by atoms with Gasteiger partial charge in [-0.15, -0.1) is 0 Å². The van der Waals surface area contributed by atoms with Gasteiger partial charge in [-0.05, 0) is 48.7 Å². The molecule has 0 saturated carbocycles. The first-order valence-electron chi connectivity index (χ1n) is 8.94. The van der Waals surface area contributed by atoms with Gasteiger partial charge in [0.2, 0.25) is 0 Å². The topological polar surface area (TPSA) is 35.9 Å². The summed E-state index contributed by atoms with van der Waals surface area (Å²) in [5.41, 5.74) is 4.96. The summed E-state index contributed by atoms with van der Waals surface area (Å²) in [4.78, 5) is 4.79. The molecule has 2 aromatic carbocycles. The number of ether oxygens (including phenoxy) is 1. The van der Waals surface area contributed by atoms with E-state index in [-0.39, 0.29) is 0 Å². The minimum Gasteiger partial charge on any atom is -0.497 e. The summed E-state index contributed by atoms with van der Waals surface area (Å²) in [6, 6.07) is 14.2. The molecular formula is C21H28N2O2. The average molecular weight is 340 g/mol. The van der Waals surface area contributed by atoms with Crippen LogP contribution in [-0.2, 0) is 0 Å². The van der Waals surface area contributed by atoms with E-state index in [1.54, 1.807) is 7.11 Å². The van der Waals surface area contributed by atoms with Crippen LogP contribution in [0.3, 0.4) is 0 Å². The van der Waals surface area contributed by atoms with E-state index < -0.39 is 6.10 Å². The maximum Gasteiger partial charge on any atom is 0.119 e. The lowest BCUT2D eigenvalue weighted by Crippen LogP contribution is -2.47. The van der Waals surface area contributed by atoms with E-state index in [9.17, 15) is 5.11 Å². The molecule has 0 bridgehead atoms. The van der Waals surface area contributed by atoms with E-state index in [2.05, 4.69) is 41.8 Å². The maximum atomic E-state index is 10.5. The van der Waals surface area contributed by atoms with Crippen LogP contribution in [0.25, 0.3) is 0 Å². The van der Waals surface area contributed by atoms with Gasteiger partial charge in [-0.25, -0.2) is 0 Å². The molecule has 1 atom stereocenters. The molecule has 1 N–H and O–H groups in total. The van der Waals surface area contributed by atoms with Crippen LogP contribution in [0.15, 0.2) is 42.5 Å². The second-order valence-corrected chi connectivity index (χ2v) is 6.80. The summed E-state index contributed by atoms with van der Waals surface area (Å²) >= 11 is 0. The highest BCUT2D eigenvalue weighted by Gasteiger charge is 2.21. The zero-order valence-corrected chi connectivity index (χ0v) is 15.4. The van der Waals surface area contributed by atoms with Crippen molar-refractivity contribution in [2.24, 2.45) is 0 Å². The summed E-state index contributed by atoms with van der Waals surface area (Å²) in [6.07, 6.45) is -0.484. The second-order valence-electron chi connectivity index (χ2n) is 6.80. The Morgan fingerprint density at radius 3 is 2.48 bits per heavy atom. The number of benzene rings is 2. The lowest BCUT2D eigenvalue weighted by Gasteiger charge is -2.37. The Balaban J connectivity index is 1.58. The number of hydrogen-bond acceptors (Lipinski definition) is 4. The van der Waals surface area contributed by atoms with E-state index in [0.717, 1.165) is 37.5 Å². The molecular weight excluding hydrogens is 312 g/mol. The smallest absolute Gasteiger partial charge is 0.119 e. The highest BCUT2D eigenvalue weighted by atomic mass is 16.5. The van der Waals surface area contributed by atoms with Crippen LogP contribution in [0.1, 0.15) is 22.8 Å². The van der Waals surface area contributed by atoms with Crippen LogP contribution in [0.4, 0.5) is 5.69 Å². The molecule has 134 valence electrons. The minimum atomic E-state index is -0.484. The van der Waals surface area contributed by atoms with Crippen LogP contribution < -0.4 is 9.64 Å². The Morgan fingerprint density at radius 2 is 1.76 bits per heavy atom. The molecule has 0 radical (unpaired) electrons. The Morgan fingerprint density at radius 1 is 1.04 bits per heavy atom. The van der Waals surface area contributed by atoms with Gasteiger partial charge in [0.25, 0.3) is 0 Å². The van der Waals surface area contributed by atoms with Gasteiger partial charge >= 0.3 is 0 Å². The molecule has 1 aliphatic heterocycles. The number of aryl methyl sites for hydroxylation is 1. The summed E-state index contributed by atoms with van der Waals surface area (Å²) in [6.45, 7) is 8.95. The molecule has 0 aromatic heterocycles. The Hall–Kier alpha value is -2.04. The average Bonchev–Trinajstić information content (AvgIpc) is 2.65. The molecule has 1 heterocycles. The predicted molar refractivity (Wildman–Crippen MR) is 103 cm³/mol. The molecule has 1 fully saturated rings. The third kappa shape index (κ3) is 4.14. The number of methoxy groups -OCH3 is 1. The van der Waals surface area contributed by atoms with Crippen LogP contribution in [-0.4, -0.2) is 49.8 Å². The number of hydrogen-bond donors (Lipinski definition) is 1. The number of piperazine rings is 1. The Kier molecular flexibility index (Phi) is 5.61. The first kappa shape index (κ1) is 17.8. The molecule has 1 unspecified atom stereocenters. The molecule has 4 heteroatoms. The van der Waals surface area contributed by atoms with Crippen molar-refractivity contribution in [3.8, 4) is 5.75 Å². The Bertz CT molecular complexity index is 709. The first-order valence-corrected chi connectivity index (χ1v) is 8.94. The second kappa shape index (κ2) is 7.89. The monoisotopic (exact) mass is 340 g/mol. The number of β-amino-alcohol motifs (C(OH)–C–C–N with tert-alkyl or cyclic N) is 1. The van der Waals surface area contributed by atoms with Crippen molar-refractivity contribution in [3.05, 3.63) is 59.2 Å². The van der Waals surface area contributed by atoms with Crippen molar-refractivity contribution in [3.63, 3.8) is 0 Å². The molecule has 3 rings (SSSR count). The van der Waals surface area contributed by atoms with Crippen molar-refractivity contribution in [2.45, 2.75) is 20.0 Å². The summed E-state index contributed by atoms with van der Waals surface area (Å²) < 4.78 is 5.25. The zero-order chi connectivity index (χ0) is 17.8. The van der Waals surface area contributed by atoms with Crippen LogP contribution in [0.2, 0.25) is 0 Å². The zero-order valence-electron chi connectivity index (χ0n) is 15.4. The Labute approximate surface area is 150 Å². The molecule has 0 amide bonds. The van der Waals surface area contributed by atoms with E-state index in [1.807, 2.05) is 24.3 Å². The van der Waals surface area contributed by atoms with Crippen LogP contribution in [0, 0.1) is 13.8 Å². The van der Waals surface area contributed by atoms with Crippen LogP contribution in [0.5, 0.6) is 5.75 Å². The van der Waals surface area contributed by atoms with Crippen molar-refractivity contribution >= 4 is 5.69 Å². The first-order chi connectivity index (χ1) is 12.1. The predicted octanol–water partition coefficient (Wildman–Crippen LogP) is 3.17. The number of aliphatic hydroxyl groups excluding tert-OH is 1. The van der Waals surface area contributed by atoms with Gasteiger partial charge in [-0.1, -0.05) is 24.3 Å². The molecule has 1 saturated heterocycles. The van der Waals surface area contributed by atoms with Gasteiger partial charge in [-0.2, -0.15) is 0 Å². The van der Waals surface area contributed by atoms with Gasteiger partial charge in [0.05, 0.1) is 13.2 Å². The van der Waals surface area contributed by atoms with Crippen LogP contribution >= 0.6 is 0 Å². The van der Waals surface area contributed by atoms with Gasteiger partial charge in [0.1, 0.15) is 5.75 Å². The third-order valence-electron chi connectivity index (χ3n) is 5.20. The van der Waals surface area contributed by atoms with E-state index in [0.29, 0.717) is 6.54 Å². The SMILES string of the molecule is COc1cccc(C(O)CN2CCN(c3cccc(C)c3C)CC2)c1. The third-order valence-corrected chi connectivity index (χ3v) is 5.20. The van der Waals surface area contributed by atoms with Gasteiger partial charge in [0, 0.05) is 38.4 Å². The van der Waals surface area contributed by atoms with Crippen molar-refractivity contribution in [1.82, 2.24) is 4.90 Å². The van der Waals surface area contributed by atoms with Gasteiger partial charge in [0.15, 0.2) is 0 Å². The fourth-order valence-electron chi connectivity index (χ4n) is 3.45. The van der Waals surface area contributed by atoms with Gasteiger partial charge in [-0.3, -0.25) is 4.90 Å². The molecule has 1 aliphatic rings. The number of nitrogens with zero attached hydrogens (tertiary/aromatic N) is 2. The number of rotatable bonds is 5. The van der Waals surface area contributed by atoms with E-state index in [4.69, 9.17) is 4.74 Å².